The summed E-state index contributed by atoms with van der Waals surface area (Å²) < 4.78 is 58.4. The minimum absolute atomic E-state index is 0.0764. The van der Waals surface area contributed by atoms with Crippen LogP contribution in [0.15, 0.2) is 54.7 Å². The summed E-state index contributed by atoms with van der Waals surface area (Å²) in [6.07, 6.45) is -3.22. The minimum Gasteiger partial charge on any atom is -0.377 e. The van der Waals surface area contributed by atoms with E-state index in [1.54, 1.807) is 12.1 Å². The third-order valence-corrected chi connectivity index (χ3v) is 6.25. The van der Waals surface area contributed by atoms with Crippen LogP contribution in [-0.4, -0.2) is 35.4 Å². The van der Waals surface area contributed by atoms with Gasteiger partial charge >= 0.3 is 6.18 Å². The molecule has 0 fully saturated rings. The van der Waals surface area contributed by atoms with E-state index >= 15 is 0 Å². The van der Waals surface area contributed by atoms with Crippen LogP contribution in [0.3, 0.4) is 0 Å². The maximum absolute atomic E-state index is 13.5. The smallest absolute Gasteiger partial charge is 0.377 e. The van der Waals surface area contributed by atoms with Gasteiger partial charge in [-0.15, -0.1) is 0 Å². The lowest BCUT2D eigenvalue weighted by atomic mass is 10.0. The SMILES string of the molecule is CCOCc1c(C)cc(CCNC(=O)c2cc(Cl)c3ncc(C(F)(F)F)cc3c2)nc1-c1ccc(F)cc1.NC=O. The van der Waals surface area contributed by atoms with Crippen molar-refractivity contribution < 1.29 is 31.9 Å². The lowest BCUT2D eigenvalue weighted by Crippen LogP contribution is -2.26. The first kappa shape index (κ1) is 31.4. The van der Waals surface area contributed by atoms with E-state index in [2.05, 4.69) is 16.0 Å². The van der Waals surface area contributed by atoms with Crippen molar-refractivity contribution in [1.82, 2.24) is 15.3 Å². The maximum atomic E-state index is 13.5. The van der Waals surface area contributed by atoms with Crippen LogP contribution in [0.5, 0.6) is 0 Å². The standard InChI is InChI=1S/C28H24ClF4N3O2.CH3NO/c1-3-38-15-23-16(2)10-22(36-25(23)17-4-6-21(30)7-5-17)8-9-34-27(37)19-11-18-12-20(28(31,32)33)14-35-26(18)24(29)13-19;2-1-3/h4-7,10-14H,3,8-9,15H2,1-2H3,(H,34,37);1H,(H2,2,3). The number of carbonyl (C=O) groups is 2. The summed E-state index contributed by atoms with van der Waals surface area (Å²) in [5.41, 5.74) is 7.50. The van der Waals surface area contributed by atoms with Crippen molar-refractivity contribution >= 4 is 34.8 Å². The monoisotopic (exact) mass is 590 g/mol. The molecular formula is C29H27ClF4N4O3. The molecule has 2 heterocycles. The molecule has 41 heavy (non-hydrogen) atoms. The Hall–Kier alpha value is -4.09. The first-order valence-electron chi connectivity index (χ1n) is 12.4. The number of fused-ring (bicyclic) bond motifs is 1. The van der Waals surface area contributed by atoms with Crippen LogP contribution in [0.4, 0.5) is 17.6 Å². The Balaban J connectivity index is 0.00000147. The number of nitrogens with zero attached hydrogens (tertiary/aromatic N) is 2. The number of nitrogens with two attached hydrogens (primary N) is 1. The number of benzene rings is 2. The van der Waals surface area contributed by atoms with E-state index in [4.69, 9.17) is 26.1 Å². The number of hydrogen-bond acceptors (Lipinski definition) is 5. The maximum Gasteiger partial charge on any atom is 0.417 e. The van der Waals surface area contributed by atoms with Gasteiger partial charge in [0.2, 0.25) is 6.41 Å². The second kappa shape index (κ2) is 14.0. The Morgan fingerprint density at radius 2 is 1.83 bits per heavy atom. The van der Waals surface area contributed by atoms with Crippen molar-refractivity contribution in [3.05, 3.63) is 93.5 Å². The molecule has 7 nitrogen and oxygen atoms in total. The number of ether oxygens (including phenoxy) is 1. The van der Waals surface area contributed by atoms with Crippen LogP contribution in [0.2, 0.25) is 5.02 Å². The van der Waals surface area contributed by atoms with Crippen molar-refractivity contribution in [2.24, 2.45) is 5.73 Å². The Labute approximate surface area is 238 Å². The van der Waals surface area contributed by atoms with Crippen molar-refractivity contribution in [2.45, 2.75) is 33.1 Å². The van der Waals surface area contributed by atoms with Crippen LogP contribution < -0.4 is 11.1 Å². The average Bonchev–Trinajstić information content (AvgIpc) is 2.92. The highest BCUT2D eigenvalue weighted by atomic mass is 35.5. The molecule has 0 aliphatic rings. The first-order valence-corrected chi connectivity index (χ1v) is 12.8. The fraction of sp³-hybridized carbons (Fsp3) is 0.241. The number of aromatic nitrogens is 2. The number of alkyl halides is 3. The summed E-state index contributed by atoms with van der Waals surface area (Å²) in [5, 5.41) is 2.96. The van der Waals surface area contributed by atoms with Crippen LogP contribution in [0.1, 0.15) is 39.7 Å². The molecule has 0 saturated heterocycles. The van der Waals surface area contributed by atoms with Crippen LogP contribution in [0.25, 0.3) is 22.2 Å². The summed E-state index contributed by atoms with van der Waals surface area (Å²) >= 11 is 6.19. The topological polar surface area (TPSA) is 107 Å². The summed E-state index contributed by atoms with van der Waals surface area (Å²) in [6, 6.07) is 11.6. The number of primary amides is 1. The van der Waals surface area contributed by atoms with Gasteiger partial charge < -0.3 is 15.8 Å². The number of nitrogens with one attached hydrogen (secondary N) is 1. The van der Waals surface area contributed by atoms with E-state index in [1.807, 2.05) is 19.9 Å². The van der Waals surface area contributed by atoms with Crippen LogP contribution in [-0.2, 0) is 28.7 Å². The fourth-order valence-electron chi connectivity index (χ4n) is 4.03. The molecular weight excluding hydrogens is 564 g/mol. The van der Waals surface area contributed by atoms with Gasteiger partial charge in [0.25, 0.3) is 5.91 Å². The molecule has 0 bridgehead atoms. The van der Waals surface area contributed by atoms with Gasteiger partial charge in [-0.3, -0.25) is 19.6 Å². The Bertz CT molecular complexity index is 1530. The van der Waals surface area contributed by atoms with Gasteiger partial charge in [-0.1, -0.05) is 11.6 Å². The lowest BCUT2D eigenvalue weighted by Gasteiger charge is -2.15. The molecule has 0 saturated carbocycles. The highest BCUT2D eigenvalue weighted by Gasteiger charge is 2.31. The van der Waals surface area contributed by atoms with E-state index in [0.717, 1.165) is 22.8 Å². The van der Waals surface area contributed by atoms with Crippen molar-refractivity contribution in [1.29, 1.82) is 0 Å². The number of hydrogen-bond donors (Lipinski definition) is 2. The fourth-order valence-corrected chi connectivity index (χ4v) is 4.30. The third kappa shape index (κ3) is 8.21. The molecule has 2 aromatic heterocycles. The highest BCUT2D eigenvalue weighted by Crippen LogP contribution is 2.32. The molecule has 0 aliphatic carbocycles. The molecule has 216 valence electrons. The van der Waals surface area contributed by atoms with Gasteiger partial charge in [-0.25, -0.2) is 4.39 Å². The second-order valence-electron chi connectivity index (χ2n) is 8.80. The predicted octanol–water partition coefficient (Wildman–Crippen LogP) is 6.03. The Kier molecular flexibility index (Phi) is 10.7. The van der Waals surface area contributed by atoms with Crippen molar-refractivity contribution in [2.75, 3.05) is 13.2 Å². The molecule has 4 rings (SSSR count). The third-order valence-electron chi connectivity index (χ3n) is 5.96. The van der Waals surface area contributed by atoms with E-state index in [0.29, 0.717) is 37.2 Å². The lowest BCUT2D eigenvalue weighted by molar-refractivity contribution is -0.137. The van der Waals surface area contributed by atoms with Gasteiger partial charge in [-0.2, -0.15) is 13.2 Å². The summed E-state index contributed by atoms with van der Waals surface area (Å²) in [6.45, 7) is 4.93. The molecule has 0 radical (unpaired) electrons. The molecule has 3 N–H and O–H groups in total. The molecule has 0 atom stereocenters. The number of rotatable bonds is 8. The summed E-state index contributed by atoms with van der Waals surface area (Å²) in [5.74, 6) is -0.843. The summed E-state index contributed by atoms with van der Waals surface area (Å²) in [4.78, 5) is 29.9. The van der Waals surface area contributed by atoms with E-state index in [9.17, 15) is 22.4 Å². The van der Waals surface area contributed by atoms with E-state index in [1.165, 1.54) is 24.3 Å². The first-order chi connectivity index (χ1) is 19.5. The van der Waals surface area contributed by atoms with E-state index < -0.39 is 17.6 Å². The van der Waals surface area contributed by atoms with Gasteiger partial charge in [0.15, 0.2) is 0 Å². The minimum atomic E-state index is -4.57. The second-order valence-corrected chi connectivity index (χ2v) is 9.20. The van der Waals surface area contributed by atoms with Crippen molar-refractivity contribution in [3.8, 4) is 11.3 Å². The molecule has 2 aromatic carbocycles. The quantitative estimate of drug-likeness (QED) is 0.193. The molecule has 0 unspecified atom stereocenters. The Morgan fingerprint density at radius 3 is 2.46 bits per heavy atom. The average molecular weight is 591 g/mol. The number of carbonyl (C=O) groups excluding carboxylic acids is 2. The zero-order valence-corrected chi connectivity index (χ0v) is 22.9. The highest BCUT2D eigenvalue weighted by molar-refractivity contribution is 6.35. The summed E-state index contributed by atoms with van der Waals surface area (Å²) in [7, 11) is 0. The number of halogens is 5. The normalized spacial score (nSPS) is 11.1. The molecule has 12 heteroatoms. The van der Waals surface area contributed by atoms with Crippen LogP contribution in [0, 0.1) is 12.7 Å². The van der Waals surface area contributed by atoms with Crippen LogP contribution >= 0.6 is 11.6 Å². The van der Waals surface area contributed by atoms with Gasteiger partial charge in [-0.05, 0) is 67.9 Å². The Morgan fingerprint density at radius 1 is 1.15 bits per heavy atom. The largest absolute Gasteiger partial charge is 0.417 e. The molecule has 2 amide bonds. The number of aryl methyl sites for hydroxylation is 1. The molecule has 0 spiro atoms. The van der Waals surface area contributed by atoms with Gasteiger partial charge in [0.1, 0.15) is 5.82 Å². The van der Waals surface area contributed by atoms with Crippen molar-refractivity contribution in [3.63, 3.8) is 0 Å². The number of amides is 2. The number of pyridine rings is 2. The zero-order valence-electron chi connectivity index (χ0n) is 22.2. The molecule has 4 aromatic rings. The molecule has 0 aliphatic heterocycles. The zero-order chi connectivity index (χ0) is 30.2. The van der Waals surface area contributed by atoms with Gasteiger partial charge in [0.05, 0.1) is 28.4 Å². The van der Waals surface area contributed by atoms with Gasteiger partial charge in [0, 0.05) is 53.5 Å². The van der Waals surface area contributed by atoms with E-state index in [-0.39, 0.29) is 40.3 Å². The predicted molar refractivity (Wildman–Crippen MR) is 148 cm³/mol.